The summed E-state index contributed by atoms with van der Waals surface area (Å²) in [6.07, 6.45) is 1.57. The first kappa shape index (κ1) is 16.7. The first-order chi connectivity index (χ1) is 10.9. The second kappa shape index (κ2) is 6.37. The fraction of sp³-hybridized carbons (Fsp3) is 0.438. The van der Waals surface area contributed by atoms with E-state index in [1.807, 2.05) is 19.9 Å². The van der Waals surface area contributed by atoms with E-state index in [9.17, 15) is 8.42 Å². The summed E-state index contributed by atoms with van der Waals surface area (Å²) < 4.78 is 33.6. The summed E-state index contributed by atoms with van der Waals surface area (Å²) in [6, 6.07) is 8.32. The number of rotatable bonds is 4. The molecule has 1 aromatic heterocycles. The Kier molecular flexibility index (Phi) is 4.62. The van der Waals surface area contributed by atoms with Crippen LogP contribution in [0.1, 0.15) is 50.1 Å². The summed E-state index contributed by atoms with van der Waals surface area (Å²) >= 11 is 3.33. The summed E-state index contributed by atoms with van der Waals surface area (Å²) in [6.45, 7) is 4.57. The van der Waals surface area contributed by atoms with Crippen LogP contribution in [0.4, 0.5) is 0 Å². The highest BCUT2D eigenvalue weighted by atomic mass is 79.9. The Bertz CT molecular complexity index is 784. The molecule has 0 amide bonds. The highest BCUT2D eigenvalue weighted by Gasteiger charge is 2.38. The Balaban J connectivity index is 1.92. The average molecular weight is 399 g/mol. The van der Waals surface area contributed by atoms with E-state index in [0.717, 1.165) is 23.0 Å². The average Bonchev–Trinajstić information content (AvgIpc) is 3.16. The Morgan fingerprint density at radius 1 is 1.30 bits per heavy atom. The molecule has 2 heterocycles. The minimum absolute atomic E-state index is 0.255. The molecule has 1 saturated heterocycles. The van der Waals surface area contributed by atoms with Crippen LogP contribution in [0.25, 0.3) is 0 Å². The van der Waals surface area contributed by atoms with Crippen molar-refractivity contribution in [1.29, 1.82) is 0 Å². The van der Waals surface area contributed by atoms with Gasteiger partial charge >= 0.3 is 0 Å². The van der Waals surface area contributed by atoms with Gasteiger partial charge in [0, 0.05) is 17.1 Å². The molecule has 1 atom stereocenters. The van der Waals surface area contributed by atoms with Crippen molar-refractivity contribution in [3.05, 3.63) is 46.3 Å². The first-order valence-corrected chi connectivity index (χ1v) is 9.87. The number of sulfonamides is 1. The Labute approximate surface area is 144 Å². The molecule has 0 spiro atoms. The third-order valence-corrected chi connectivity index (χ3v) is 6.54. The van der Waals surface area contributed by atoms with Crippen LogP contribution >= 0.6 is 15.9 Å². The van der Waals surface area contributed by atoms with Crippen LogP contribution in [0.15, 0.2) is 44.2 Å². The molecule has 0 saturated carbocycles. The first-order valence-electron chi connectivity index (χ1n) is 7.63. The highest BCUT2D eigenvalue weighted by molar-refractivity contribution is 9.10. The number of nitrogens with zero attached hydrogens (tertiary/aromatic N) is 2. The molecule has 2 aromatic rings. The smallest absolute Gasteiger partial charge is 0.243 e. The van der Waals surface area contributed by atoms with Crippen LogP contribution in [-0.2, 0) is 10.0 Å². The van der Waals surface area contributed by atoms with Crippen molar-refractivity contribution in [2.45, 2.75) is 43.5 Å². The molecule has 0 N–H and O–H groups in total. The van der Waals surface area contributed by atoms with Gasteiger partial charge in [-0.15, -0.1) is 0 Å². The number of aromatic nitrogens is 1. The summed E-state index contributed by atoms with van der Waals surface area (Å²) in [5.74, 6) is 0.886. The fourth-order valence-electron chi connectivity index (χ4n) is 2.79. The zero-order valence-corrected chi connectivity index (χ0v) is 15.5. The third-order valence-electron chi connectivity index (χ3n) is 4.09. The highest BCUT2D eigenvalue weighted by Crippen LogP contribution is 2.37. The second-order valence-corrected chi connectivity index (χ2v) is 8.84. The largest absolute Gasteiger partial charge is 0.359 e. The lowest BCUT2D eigenvalue weighted by Crippen LogP contribution is -2.30. The van der Waals surface area contributed by atoms with E-state index in [4.69, 9.17) is 4.52 Å². The summed E-state index contributed by atoms with van der Waals surface area (Å²) in [7, 11) is -3.54. The molecule has 1 aliphatic rings. The molecular formula is C16H19BrN2O3S. The van der Waals surface area contributed by atoms with Gasteiger partial charge in [0.2, 0.25) is 10.0 Å². The molecule has 0 radical (unpaired) electrons. The lowest BCUT2D eigenvalue weighted by atomic mass is 10.1. The van der Waals surface area contributed by atoms with Gasteiger partial charge in [-0.05, 0) is 43.0 Å². The maximum Gasteiger partial charge on any atom is 0.243 e. The number of hydrogen-bond donors (Lipinski definition) is 0. The van der Waals surface area contributed by atoms with Crippen molar-refractivity contribution in [3.63, 3.8) is 0 Å². The van der Waals surface area contributed by atoms with Crippen molar-refractivity contribution >= 4 is 26.0 Å². The van der Waals surface area contributed by atoms with Crippen molar-refractivity contribution in [2.75, 3.05) is 6.54 Å². The van der Waals surface area contributed by atoms with Gasteiger partial charge in [-0.25, -0.2) is 8.42 Å². The van der Waals surface area contributed by atoms with Crippen LogP contribution in [0.5, 0.6) is 0 Å². The summed E-state index contributed by atoms with van der Waals surface area (Å²) in [5, 5.41) is 4.06. The van der Waals surface area contributed by atoms with E-state index >= 15 is 0 Å². The lowest BCUT2D eigenvalue weighted by Gasteiger charge is -2.22. The van der Waals surface area contributed by atoms with Crippen LogP contribution in [0.3, 0.4) is 0 Å². The summed E-state index contributed by atoms with van der Waals surface area (Å²) in [5.41, 5.74) is 0.855. The maximum absolute atomic E-state index is 12.9. The molecule has 7 heteroatoms. The van der Waals surface area contributed by atoms with E-state index in [0.29, 0.717) is 17.2 Å². The van der Waals surface area contributed by atoms with Gasteiger partial charge < -0.3 is 4.52 Å². The Hall–Kier alpha value is -1.18. The van der Waals surface area contributed by atoms with Gasteiger partial charge in [-0.2, -0.15) is 4.31 Å². The maximum atomic E-state index is 12.9. The molecule has 0 unspecified atom stereocenters. The molecule has 0 aliphatic carbocycles. The molecule has 124 valence electrons. The number of benzene rings is 1. The zero-order valence-electron chi connectivity index (χ0n) is 13.1. The van der Waals surface area contributed by atoms with Crippen LogP contribution in [0, 0.1) is 0 Å². The Morgan fingerprint density at radius 2 is 2.00 bits per heavy atom. The van der Waals surface area contributed by atoms with Crippen molar-refractivity contribution in [1.82, 2.24) is 9.46 Å². The SMILES string of the molecule is CC(C)c1cc([C@H]2CCCN2S(=O)(=O)c2ccc(Br)cc2)on1. The predicted octanol–water partition coefficient (Wildman–Crippen LogP) is 4.09. The quantitative estimate of drug-likeness (QED) is 0.777. The molecule has 1 aliphatic heterocycles. The van der Waals surface area contributed by atoms with Crippen LogP contribution in [-0.4, -0.2) is 24.4 Å². The van der Waals surface area contributed by atoms with E-state index < -0.39 is 10.0 Å². The number of halogens is 1. The molecule has 5 nitrogen and oxygen atoms in total. The summed E-state index contributed by atoms with van der Waals surface area (Å²) in [4.78, 5) is 0.302. The van der Waals surface area contributed by atoms with E-state index in [1.54, 1.807) is 24.3 Å². The van der Waals surface area contributed by atoms with E-state index in [2.05, 4.69) is 21.1 Å². The monoisotopic (exact) mass is 398 g/mol. The van der Waals surface area contributed by atoms with Gasteiger partial charge in [-0.3, -0.25) is 0 Å². The molecule has 23 heavy (non-hydrogen) atoms. The lowest BCUT2D eigenvalue weighted by molar-refractivity contribution is 0.295. The molecule has 1 aromatic carbocycles. The molecule has 3 rings (SSSR count). The molecule has 0 bridgehead atoms. The normalized spacial score (nSPS) is 19.6. The second-order valence-electron chi connectivity index (χ2n) is 6.04. The van der Waals surface area contributed by atoms with Gasteiger partial charge in [0.15, 0.2) is 5.76 Å². The van der Waals surface area contributed by atoms with Crippen LogP contribution in [0.2, 0.25) is 0 Å². The third kappa shape index (κ3) is 3.22. The van der Waals surface area contributed by atoms with Crippen molar-refractivity contribution in [3.8, 4) is 0 Å². The van der Waals surface area contributed by atoms with Crippen molar-refractivity contribution < 1.29 is 12.9 Å². The van der Waals surface area contributed by atoms with Crippen molar-refractivity contribution in [2.24, 2.45) is 0 Å². The molecular weight excluding hydrogens is 380 g/mol. The minimum atomic E-state index is -3.54. The topological polar surface area (TPSA) is 63.4 Å². The standard InChI is InChI=1S/C16H19BrN2O3S/c1-11(2)14-10-16(22-18-14)15-4-3-9-19(15)23(20,21)13-7-5-12(17)6-8-13/h5-8,10-11,15H,3-4,9H2,1-2H3/t15-/m1/s1. The zero-order chi connectivity index (χ0) is 16.6. The Morgan fingerprint density at radius 3 is 2.61 bits per heavy atom. The van der Waals surface area contributed by atoms with Gasteiger partial charge in [0.25, 0.3) is 0 Å². The van der Waals surface area contributed by atoms with Crippen LogP contribution < -0.4 is 0 Å². The fourth-order valence-corrected chi connectivity index (χ4v) is 4.72. The van der Waals surface area contributed by atoms with E-state index in [1.165, 1.54) is 4.31 Å². The number of hydrogen-bond acceptors (Lipinski definition) is 4. The van der Waals surface area contributed by atoms with Gasteiger partial charge in [0.1, 0.15) is 0 Å². The minimum Gasteiger partial charge on any atom is -0.359 e. The van der Waals surface area contributed by atoms with E-state index in [-0.39, 0.29) is 12.0 Å². The van der Waals surface area contributed by atoms with Gasteiger partial charge in [-0.1, -0.05) is 34.9 Å². The predicted molar refractivity (Wildman–Crippen MR) is 90.6 cm³/mol. The molecule has 1 fully saturated rings. The van der Waals surface area contributed by atoms with Gasteiger partial charge in [0.05, 0.1) is 16.6 Å².